The van der Waals surface area contributed by atoms with Gasteiger partial charge in [0.05, 0.1) is 106 Å². The van der Waals surface area contributed by atoms with Gasteiger partial charge < -0.3 is 61.7 Å². The van der Waals surface area contributed by atoms with Gasteiger partial charge in [0.1, 0.15) is 0 Å². The highest BCUT2D eigenvalue weighted by molar-refractivity contribution is 6.75. The lowest BCUT2D eigenvalue weighted by molar-refractivity contribution is -0.0337. The lowest BCUT2D eigenvalue weighted by Crippen LogP contribution is -2.60. The molecule has 0 amide bonds. The number of nitrogens with two attached hydrogens (primary N) is 2. The predicted octanol–water partition coefficient (Wildman–Crippen LogP) is -0.228. The molecule has 37 heavy (non-hydrogen) atoms. The first-order valence-corrected chi connectivity index (χ1v) is 17.2. The lowest BCUT2D eigenvalue weighted by atomic mass is 10.5. The maximum atomic E-state index is 6.84. The SMILES string of the molecule is NCCC[Si]1(O[Si]2(CCCN)OCCOCCOCCOCCO2)OCCOCCOCCOCCO1. The van der Waals surface area contributed by atoms with Gasteiger partial charge in [-0.25, -0.2) is 0 Å². The molecule has 0 bridgehead atoms. The third-order valence-corrected chi connectivity index (χ3v) is 12.4. The second-order valence-corrected chi connectivity index (χ2v) is 14.0. The van der Waals surface area contributed by atoms with Crippen molar-refractivity contribution in [2.45, 2.75) is 24.9 Å². The highest BCUT2D eigenvalue weighted by atomic mass is 28.5. The van der Waals surface area contributed by atoms with Gasteiger partial charge in [0, 0.05) is 12.1 Å². The van der Waals surface area contributed by atoms with Crippen molar-refractivity contribution in [1.82, 2.24) is 0 Å². The Morgan fingerprint density at radius 2 is 0.649 bits per heavy atom. The van der Waals surface area contributed by atoms with Crippen LogP contribution in [0.25, 0.3) is 0 Å². The van der Waals surface area contributed by atoms with E-state index in [1.807, 2.05) is 0 Å². The first-order chi connectivity index (χ1) is 18.2. The molecule has 2 aliphatic rings. The number of hydrogen-bond donors (Lipinski definition) is 2. The number of rotatable bonds is 8. The second kappa shape index (κ2) is 21.7. The van der Waals surface area contributed by atoms with Gasteiger partial charge in [-0.15, -0.1) is 0 Å². The molecule has 0 aromatic rings. The van der Waals surface area contributed by atoms with Crippen LogP contribution in [0.1, 0.15) is 12.8 Å². The van der Waals surface area contributed by atoms with E-state index < -0.39 is 17.6 Å². The van der Waals surface area contributed by atoms with Gasteiger partial charge in [0.2, 0.25) is 0 Å². The van der Waals surface area contributed by atoms with Crippen LogP contribution in [0.5, 0.6) is 0 Å². The number of hydrogen-bond acceptors (Lipinski definition) is 13. The van der Waals surface area contributed by atoms with Crippen molar-refractivity contribution >= 4 is 17.6 Å². The van der Waals surface area contributed by atoms with Crippen LogP contribution in [0.3, 0.4) is 0 Å². The standard InChI is InChI=1S/C22H48N2O11Si2/c23-3-1-21-36(31-17-13-27-9-5-25-6-10-28-14-18-32-36)35-37(22-2-4-24)33-19-15-29-11-7-26-8-12-30-16-20-34-37/h1-24H2. The first kappa shape index (κ1) is 33.1. The van der Waals surface area contributed by atoms with Crippen molar-refractivity contribution in [1.29, 1.82) is 0 Å². The Bertz CT molecular complexity index is 471. The van der Waals surface area contributed by atoms with Gasteiger partial charge in [-0.3, -0.25) is 0 Å². The minimum absolute atomic E-state index is 0.297. The van der Waals surface area contributed by atoms with Gasteiger partial charge >= 0.3 is 17.6 Å². The van der Waals surface area contributed by atoms with E-state index in [2.05, 4.69) is 0 Å². The van der Waals surface area contributed by atoms with Crippen molar-refractivity contribution in [3.8, 4) is 0 Å². The average molecular weight is 573 g/mol. The Labute approximate surface area is 223 Å². The fraction of sp³-hybridized carbons (Fsp3) is 1.00. The summed E-state index contributed by atoms with van der Waals surface area (Å²) >= 11 is 0. The Hall–Kier alpha value is -0.0862. The minimum Gasteiger partial charge on any atom is -0.377 e. The first-order valence-electron chi connectivity index (χ1n) is 13.4. The quantitative estimate of drug-likeness (QED) is 0.369. The smallest absolute Gasteiger partial charge is 0.377 e. The van der Waals surface area contributed by atoms with Gasteiger partial charge in [-0.05, 0) is 25.9 Å². The van der Waals surface area contributed by atoms with Crippen LogP contribution in [-0.4, -0.2) is 136 Å². The molecule has 0 saturated carbocycles. The topological polar surface area (TPSA) is 154 Å². The zero-order valence-corrected chi connectivity index (χ0v) is 24.2. The number of ether oxygens (including phenoxy) is 6. The second-order valence-electron chi connectivity index (χ2n) is 8.32. The fourth-order valence-electron chi connectivity index (χ4n) is 3.57. The Morgan fingerprint density at radius 1 is 0.405 bits per heavy atom. The summed E-state index contributed by atoms with van der Waals surface area (Å²) < 4.78 is 65.9. The van der Waals surface area contributed by atoms with Crippen LogP contribution in [0.2, 0.25) is 12.1 Å². The summed E-state index contributed by atoms with van der Waals surface area (Å²) in [6, 6.07) is 1.03. The van der Waals surface area contributed by atoms with Crippen LogP contribution in [0, 0.1) is 0 Å². The Morgan fingerprint density at radius 3 is 0.892 bits per heavy atom. The molecular formula is C22H48N2O11Si2. The molecule has 0 atom stereocenters. The van der Waals surface area contributed by atoms with Gasteiger partial charge in [0.25, 0.3) is 0 Å². The van der Waals surface area contributed by atoms with E-state index in [1.165, 1.54) is 0 Å². The molecule has 0 spiro atoms. The van der Waals surface area contributed by atoms with Crippen LogP contribution in [0.15, 0.2) is 0 Å². The minimum atomic E-state index is -3.33. The zero-order chi connectivity index (χ0) is 26.3. The molecule has 15 heteroatoms. The Kier molecular flexibility index (Phi) is 19.4. The van der Waals surface area contributed by atoms with Crippen molar-refractivity contribution in [3.63, 3.8) is 0 Å². The highest BCUT2D eigenvalue weighted by Crippen LogP contribution is 2.28. The van der Waals surface area contributed by atoms with Gasteiger partial charge in [-0.2, -0.15) is 0 Å². The third kappa shape index (κ3) is 15.3. The van der Waals surface area contributed by atoms with Crippen LogP contribution in [0.4, 0.5) is 0 Å². The normalized spacial score (nSPS) is 24.5. The van der Waals surface area contributed by atoms with Crippen LogP contribution < -0.4 is 11.5 Å². The van der Waals surface area contributed by atoms with E-state index in [-0.39, 0.29) is 0 Å². The maximum absolute atomic E-state index is 6.84. The van der Waals surface area contributed by atoms with Crippen molar-refractivity contribution in [2.24, 2.45) is 11.5 Å². The summed E-state index contributed by atoms with van der Waals surface area (Å²) in [5.74, 6) is 0. The van der Waals surface area contributed by atoms with Gasteiger partial charge in [0.15, 0.2) is 0 Å². The molecule has 2 saturated heterocycles. The molecule has 4 N–H and O–H groups in total. The maximum Gasteiger partial charge on any atom is 0.493 e. The molecule has 2 heterocycles. The molecule has 13 nitrogen and oxygen atoms in total. The van der Waals surface area contributed by atoms with Crippen molar-refractivity contribution in [3.05, 3.63) is 0 Å². The molecule has 0 unspecified atom stereocenters. The summed E-state index contributed by atoms with van der Waals surface area (Å²) in [5, 5.41) is 0. The molecule has 0 aromatic heterocycles. The monoisotopic (exact) mass is 572 g/mol. The van der Waals surface area contributed by atoms with Crippen LogP contribution >= 0.6 is 0 Å². The van der Waals surface area contributed by atoms with E-state index in [0.29, 0.717) is 144 Å². The van der Waals surface area contributed by atoms with E-state index in [1.54, 1.807) is 0 Å². The summed E-state index contributed by atoms with van der Waals surface area (Å²) in [6.45, 7) is 7.52. The summed E-state index contributed by atoms with van der Waals surface area (Å²) in [7, 11) is -6.66. The van der Waals surface area contributed by atoms with Gasteiger partial charge in [-0.1, -0.05) is 0 Å². The van der Waals surface area contributed by atoms with Crippen molar-refractivity contribution < 1.29 is 50.2 Å². The molecule has 2 fully saturated rings. The lowest BCUT2D eigenvalue weighted by Gasteiger charge is -2.38. The largest absolute Gasteiger partial charge is 0.493 e. The summed E-state index contributed by atoms with van der Waals surface area (Å²) in [5.41, 5.74) is 11.8. The van der Waals surface area contributed by atoms with E-state index >= 15 is 0 Å². The molecule has 0 aliphatic carbocycles. The average Bonchev–Trinajstić information content (AvgIpc) is 2.91. The molecule has 0 aromatic carbocycles. The zero-order valence-electron chi connectivity index (χ0n) is 22.2. The predicted molar refractivity (Wildman–Crippen MR) is 138 cm³/mol. The molecule has 0 radical (unpaired) electrons. The summed E-state index contributed by atoms with van der Waals surface area (Å²) in [4.78, 5) is 0. The van der Waals surface area contributed by atoms with Crippen molar-refractivity contribution in [2.75, 3.05) is 119 Å². The molecule has 2 rings (SSSR count). The molecule has 2 aliphatic heterocycles. The fourth-order valence-corrected chi connectivity index (χ4v) is 10.8. The van der Waals surface area contributed by atoms with E-state index in [0.717, 1.165) is 0 Å². The van der Waals surface area contributed by atoms with E-state index in [9.17, 15) is 0 Å². The Balaban J connectivity index is 2.22. The van der Waals surface area contributed by atoms with E-state index in [4.69, 9.17) is 61.7 Å². The van der Waals surface area contributed by atoms with Crippen LogP contribution in [-0.2, 0) is 50.2 Å². The summed E-state index contributed by atoms with van der Waals surface area (Å²) in [6.07, 6.45) is 1.32. The highest BCUT2D eigenvalue weighted by Gasteiger charge is 2.53. The third-order valence-electron chi connectivity index (χ3n) is 5.37. The molecule has 220 valence electrons. The molecular weight excluding hydrogens is 524 g/mol.